The van der Waals surface area contributed by atoms with Gasteiger partial charge in [0.1, 0.15) is 23.1 Å². The van der Waals surface area contributed by atoms with Crippen molar-refractivity contribution in [3.05, 3.63) is 71.0 Å². The minimum absolute atomic E-state index is 0.252. The van der Waals surface area contributed by atoms with Crippen molar-refractivity contribution in [3.8, 4) is 22.1 Å². The minimum atomic E-state index is 0.252. The predicted octanol–water partition coefficient (Wildman–Crippen LogP) is 5.12. The topological polar surface area (TPSA) is 88.1 Å². The second-order valence-electron chi connectivity index (χ2n) is 7.45. The number of thioether (sulfide) groups is 1. The van der Waals surface area contributed by atoms with Gasteiger partial charge in [-0.3, -0.25) is 0 Å². The molecular weight excluding hydrogens is 442 g/mol. The lowest BCUT2D eigenvalue weighted by Crippen LogP contribution is -2.15. The first-order valence-corrected chi connectivity index (χ1v) is 12.0. The van der Waals surface area contributed by atoms with E-state index < -0.39 is 0 Å². The third kappa shape index (κ3) is 5.23. The molecule has 0 radical (unpaired) electrons. The monoisotopic (exact) mass is 467 g/mol. The molecule has 7 nitrogen and oxygen atoms in total. The molecule has 166 valence electrons. The summed E-state index contributed by atoms with van der Waals surface area (Å²) in [6.45, 7) is 4.58. The van der Waals surface area contributed by atoms with Crippen molar-refractivity contribution in [2.75, 3.05) is 13.0 Å². The summed E-state index contributed by atoms with van der Waals surface area (Å²) in [7, 11) is 1.66. The van der Waals surface area contributed by atoms with Crippen LogP contribution in [0, 0.1) is 0 Å². The molecule has 0 saturated carbocycles. The van der Waals surface area contributed by atoms with Crippen molar-refractivity contribution >= 4 is 23.1 Å². The maximum absolute atomic E-state index is 6.18. The van der Waals surface area contributed by atoms with E-state index in [4.69, 9.17) is 20.3 Å². The fraction of sp³-hybridized carbons (Fsp3) is 0.261. The minimum Gasteiger partial charge on any atom is -0.497 e. The van der Waals surface area contributed by atoms with E-state index in [2.05, 4.69) is 36.2 Å². The number of nitrogens with zero attached hydrogens (tertiary/aromatic N) is 4. The lowest BCUT2D eigenvalue weighted by atomic mass is 10.0. The maximum atomic E-state index is 6.18. The van der Waals surface area contributed by atoms with Gasteiger partial charge in [0, 0.05) is 16.7 Å². The fourth-order valence-electron chi connectivity index (χ4n) is 3.00. The molecule has 2 aromatic carbocycles. The quantitative estimate of drug-likeness (QED) is 0.270. The molecular formula is C23H25N5O2S2. The predicted molar refractivity (Wildman–Crippen MR) is 129 cm³/mol. The van der Waals surface area contributed by atoms with Crippen molar-refractivity contribution in [2.24, 2.45) is 0 Å². The van der Waals surface area contributed by atoms with Crippen LogP contribution in [0.15, 0.2) is 59.1 Å². The van der Waals surface area contributed by atoms with E-state index in [1.165, 1.54) is 22.0 Å². The number of benzene rings is 2. The van der Waals surface area contributed by atoms with E-state index in [1.54, 1.807) is 18.4 Å². The lowest BCUT2D eigenvalue weighted by molar-refractivity contribution is 0.291. The zero-order valence-electron chi connectivity index (χ0n) is 18.2. The van der Waals surface area contributed by atoms with Gasteiger partial charge in [-0.1, -0.05) is 49.9 Å². The summed E-state index contributed by atoms with van der Waals surface area (Å²) in [5.41, 5.74) is 3.27. The van der Waals surface area contributed by atoms with Gasteiger partial charge in [-0.25, -0.2) is 9.66 Å². The van der Waals surface area contributed by atoms with Gasteiger partial charge >= 0.3 is 0 Å². The molecule has 4 rings (SSSR count). The number of hydrogen-bond donors (Lipinski definition) is 1. The van der Waals surface area contributed by atoms with Gasteiger partial charge < -0.3 is 15.3 Å². The Hall–Kier alpha value is -3.04. The average molecular weight is 468 g/mol. The lowest BCUT2D eigenvalue weighted by Gasteiger charge is -2.08. The van der Waals surface area contributed by atoms with Gasteiger partial charge in [0.15, 0.2) is 5.82 Å². The molecule has 2 heterocycles. The zero-order valence-corrected chi connectivity index (χ0v) is 19.8. The van der Waals surface area contributed by atoms with E-state index in [0.29, 0.717) is 22.7 Å². The van der Waals surface area contributed by atoms with Gasteiger partial charge in [0.2, 0.25) is 5.16 Å². The molecule has 9 heteroatoms. The average Bonchev–Trinajstić information content (AvgIpc) is 3.43. The van der Waals surface area contributed by atoms with Gasteiger partial charge in [-0.05, 0) is 35.7 Å². The van der Waals surface area contributed by atoms with Crippen molar-refractivity contribution in [1.29, 1.82) is 0 Å². The number of ether oxygens (including phenoxy) is 2. The Morgan fingerprint density at radius 2 is 1.91 bits per heavy atom. The van der Waals surface area contributed by atoms with Crippen LogP contribution in [-0.4, -0.2) is 27.0 Å². The zero-order chi connectivity index (χ0) is 22.5. The summed E-state index contributed by atoms with van der Waals surface area (Å²) in [4.78, 5) is 4.72. The Bertz CT molecular complexity index is 1170. The highest BCUT2D eigenvalue weighted by Gasteiger charge is 2.13. The van der Waals surface area contributed by atoms with Gasteiger partial charge in [-0.2, -0.15) is 0 Å². The summed E-state index contributed by atoms with van der Waals surface area (Å²) in [6.07, 6.45) is 0. The second-order valence-corrected chi connectivity index (χ2v) is 9.25. The van der Waals surface area contributed by atoms with Crippen LogP contribution >= 0.6 is 23.1 Å². The molecule has 0 aliphatic carbocycles. The Labute approximate surface area is 195 Å². The molecule has 0 spiro atoms. The van der Waals surface area contributed by atoms with Crippen molar-refractivity contribution in [3.63, 3.8) is 0 Å². The molecule has 0 bridgehead atoms. The molecule has 4 aromatic rings. The Morgan fingerprint density at radius 1 is 1.09 bits per heavy atom. The third-order valence-corrected chi connectivity index (χ3v) is 6.78. The molecule has 0 unspecified atom stereocenters. The van der Waals surface area contributed by atoms with E-state index in [1.807, 2.05) is 41.8 Å². The number of nitrogen functional groups attached to an aromatic ring is 1. The summed E-state index contributed by atoms with van der Waals surface area (Å²) >= 11 is 3.09. The molecule has 2 N–H and O–H groups in total. The van der Waals surface area contributed by atoms with E-state index in [0.717, 1.165) is 27.8 Å². The highest BCUT2D eigenvalue weighted by atomic mass is 32.2. The standard InChI is InChI=1S/C23H25N5O2S2/c1-15(2)16-7-9-19(10-8-16)30-12-21-26-27-23(28(21)24)32-14-18-13-31-22(25-18)17-5-4-6-20(11-17)29-3/h4-11,13,15H,12,14,24H2,1-3H3. The number of thiazole rings is 1. The van der Waals surface area contributed by atoms with Crippen molar-refractivity contribution < 1.29 is 9.47 Å². The van der Waals surface area contributed by atoms with Crippen LogP contribution in [0.2, 0.25) is 0 Å². The van der Waals surface area contributed by atoms with Gasteiger partial charge in [0.25, 0.3) is 0 Å². The summed E-state index contributed by atoms with van der Waals surface area (Å²) in [5.74, 6) is 9.47. The highest BCUT2D eigenvalue weighted by Crippen LogP contribution is 2.29. The second kappa shape index (κ2) is 10.1. The van der Waals surface area contributed by atoms with Crippen molar-refractivity contribution in [1.82, 2.24) is 19.9 Å². The molecule has 0 saturated heterocycles. The van der Waals surface area contributed by atoms with Gasteiger partial charge in [-0.15, -0.1) is 21.5 Å². The Balaban J connectivity index is 1.34. The van der Waals surface area contributed by atoms with Crippen LogP contribution in [0.4, 0.5) is 0 Å². The van der Waals surface area contributed by atoms with E-state index >= 15 is 0 Å². The van der Waals surface area contributed by atoms with E-state index in [9.17, 15) is 0 Å². The smallest absolute Gasteiger partial charge is 0.210 e. The first kappa shape index (κ1) is 22.2. The van der Waals surface area contributed by atoms with Crippen molar-refractivity contribution in [2.45, 2.75) is 37.3 Å². The van der Waals surface area contributed by atoms with Crippen LogP contribution < -0.4 is 15.3 Å². The first-order valence-electron chi connectivity index (χ1n) is 10.2. The molecule has 2 aromatic heterocycles. The van der Waals surface area contributed by atoms with Crippen LogP contribution in [0.5, 0.6) is 11.5 Å². The van der Waals surface area contributed by atoms with Crippen LogP contribution in [-0.2, 0) is 12.4 Å². The Kier molecular flexibility index (Phi) is 6.96. The largest absolute Gasteiger partial charge is 0.497 e. The number of nitrogens with two attached hydrogens (primary N) is 1. The summed E-state index contributed by atoms with van der Waals surface area (Å²) in [5, 5.41) is 12.0. The number of methoxy groups -OCH3 is 1. The van der Waals surface area contributed by atoms with Crippen LogP contribution in [0.25, 0.3) is 10.6 Å². The van der Waals surface area contributed by atoms with E-state index in [-0.39, 0.29) is 6.61 Å². The third-order valence-electron chi connectivity index (χ3n) is 4.87. The number of rotatable bonds is 9. The maximum Gasteiger partial charge on any atom is 0.210 e. The first-order chi connectivity index (χ1) is 15.5. The fourth-order valence-corrected chi connectivity index (χ4v) is 4.69. The molecule has 0 atom stereocenters. The molecule has 0 amide bonds. The Morgan fingerprint density at radius 3 is 2.66 bits per heavy atom. The SMILES string of the molecule is COc1cccc(-c2nc(CSc3nnc(COc4ccc(C(C)C)cc4)n3N)cs2)c1. The van der Waals surface area contributed by atoms with Gasteiger partial charge in [0.05, 0.1) is 12.8 Å². The molecule has 0 fully saturated rings. The van der Waals surface area contributed by atoms with Crippen LogP contribution in [0.1, 0.15) is 36.8 Å². The highest BCUT2D eigenvalue weighted by molar-refractivity contribution is 7.98. The number of aromatic nitrogens is 4. The number of hydrogen-bond acceptors (Lipinski definition) is 8. The normalized spacial score (nSPS) is 11.1. The summed E-state index contributed by atoms with van der Waals surface area (Å²) in [6, 6.07) is 16.0. The molecule has 0 aliphatic heterocycles. The molecule has 32 heavy (non-hydrogen) atoms. The molecule has 0 aliphatic rings. The van der Waals surface area contributed by atoms with Crippen LogP contribution in [0.3, 0.4) is 0 Å². The summed E-state index contributed by atoms with van der Waals surface area (Å²) < 4.78 is 12.6.